The van der Waals surface area contributed by atoms with Crippen molar-refractivity contribution in [2.24, 2.45) is 0 Å². The molecule has 3 rings (SSSR count). The molecule has 0 unspecified atom stereocenters. The number of furan rings is 1. The number of carbonyl (C=O) groups is 2. The number of halogens is 2. The van der Waals surface area contributed by atoms with Gasteiger partial charge in [0, 0.05) is 16.3 Å². The van der Waals surface area contributed by atoms with Crippen LogP contribution in [-0.4, -0.2) is 17.0 Å². The molecule has 1 amide bonds. The minimum atomic E-state index is -0.911. The molecule has 0 spiro atoms. The van der Waals surface area contributed by atoms with Gasteiger partial charge < -0.3 is 14.8 Å². The summed E-state index contributed by atoms with van der Waals surface area (Å²) in [4.78, 5) is 23.0. The molecule has 26 heavy (non-hydrogen) atoms. The molecule has 5 nitrogen and oxygen atoms in total. The number of aliphatic carboxylic acids is 1. The highest BCUT2D eigenvalue weighted by Crippen LogP contribution is 2.31. The molecule has 0 fully saturated rings. The van der Waals surface area contributed by atoms with E-state index in [0.29, 0.717) is 32.6 Å². The Labute approximate surface area is 159 Å². The van der Waals surface area contributed by atoms with Crippen molar-refractivity contribution in [2.45, 2.75) is 6.42 Å². The van der Waals surface area contributed by atoms with Crippen LogP contribution in [-0.2, 0) is 11.2 Å². The van der Waals surface area contributed by atoms with Crippen LogP contribution in [0.15, 0.2) is 59.0 Å². The van der Waals surface area contributed by atoms with Crippen molar-refractivity contribution >= 4 is 40.8 Å². The molecule has 7 heteroatoms. The lowest BCUT2D eigenvalue weighted by molar-refractivity contribution is -0.136. The SMILES string of the molecule is O=C(O)Cc1ccc(NC(=O)c2ccc(-c3ccc(Cl)cc3Cl)o2)cc1. The van der Waals surface area contributed by atoms with Gasteiger partial charge in [-0.2, -0.15) is 0 Å². The molecule has 0 aliphatic rings. The van der Waals surface area contributed by atoms with Crippen LogP contribution in [0.2, 0.25) is 10.0 Å². The highest BCUT2D eigenvalue weighted by molar-refractivity contribution is 6.36. The normalized spacial score (nSPS) is 10.5. The number of benzene rings is 2. The molecule has 132 valence electrons. The van der Waals surface area contributed by atoms with Gasteiger partial charge in [0.25, 0.3) is 5.91 Å². The number of carboxylic acids is 1. The van der Waals surface area contributed by atoms with Crippen LogP contribution in [0.25, 0.3) is 11.3 Å². The zero-order valence-corrected chi connectivity index (χ0v) is 14.8. The summed E-state index contributed by atoms with van der Waals surface area (Å²) in [5.41, 5.74) is 1.81. The fourth-order valence-electron chi connectivity index (χ4n) is 2.37. The van der Waals surface area contributed by atoms with Crippen LogP contribution in [0, 0.1) is 0 Å². The average Bonchev–Trinajstić information content (AvgIpc) is 3.06. The molecule has 0 radical (unpaired) electrons. The molecule has 0 saturated carbocycles. The Bertz CT molecular complexity index is 964. The molecule has 0 bridgehead atoms. The van der Waals surface area contributed by atoms with Gasteiger partial charge in [-0.05, 0) is 48.0 Å². The number of carbonyl (C=O) groups excluding carboxylic acids is 1. The van der Waals surface area contributed by atoms with Gasteiger partial charge >= 0.3 is 5.97 Å². The largest absolute Gasteiger partial charge is 0.481 e. The van der Waals surface area contributed by atoms with E-state index in [2.05, 4.69) is 5.32 Å². The molecule has 0 aliphatic heterocycles. The number of nitrogens with one attached hydrogen (secondary N) is 1. The van der Waals surface area contributed by atoms with Crippen molar-refractivity contribution in [3.05, 3.63) is 76.0 Å². The molecule has 0 aliphatic carbocycles. The van der Waals surface area contributed by atoms with Crippen LogP contribution in [0.3, 0.4) is 0 Å². The molecule has 3 aromatic rings. The first kappa shape index (κ1) is 18.0. The number of amides is 1. The fourth-order valence-corrected chi connectivity index (χ4v) is 2.87. The Kier molecular flexibility index (Phi) is 5.30. The van der Waals surface area contributed by atoms with E-state index in [1.807, 2.05) is 0 Å². The van der Waals surface area contributed by atoms with E-state index in [9.17, 15) is 9.59 Å². The first-order chi connectivity index (χ1) is 12.4. The maximum absolute atomic E-state index is 12.3. The number of carboxylic acid groups (broad SMARTS) is 1. The number of hydrogen-bond donors (Lipinski definition) is 2. The van der Waals surface area contributed by atoms with Crippen LogP contribution in [0.1, 0.15) is 16.1 Å². The molecule has 0 atom stereocenters. The Morgan fingerprint density at radius 3 is 2.38 bits per heavy atom. The summed E-state index contributed by atoms with van der Waals surface area (Å²) in [5, 5.41) is 12.4. The Balaban J connectivity index is 1.73. The van der Waals surface area contributed by atoms with Crippen molar-refractivity contribution in [2.75, 3.05) is 5.32 Å². The van der Waals surface area contributed by atoms with E-state index in [-0.39, 0.29) is 12.2 Å². The summed E-state index contributed by atoms with van der Waals surface area (Å²) >= 11 is 12.0. The third-order valence-corrected chi connectivity index (χ3v) is 4.14. The molecule has 1 heterocycles. The van der Waals surface area contributed by atoms with Gasteiger partial charge in [-0.25, -0.2) is 0 Å². The third kappa shape index (κ3) is 4.25. The molecular formula is C19H13Cl2NO4. The lowest BCUT2D eigenvalue weighted by Crippen LogP contribution is -2.10. The van der Waals surface area contributed by atoms with Crippen LogP contribution in [0.4, 0.5) is 5.69 Å². The minimum absolute atomic E-state index is 0.0718. The van der Waals surface area contributed by atoms with Crippen molar-refractivity contribution in [1.29, 1.82) is 0 Å². The second kappa shape index (κ2) is 7.64. The van der Waals surface area contributed by atoms with Gasteiger partial charge in [-0.1, -0.05) is 35.3 Å². The molecule has 0 saturated heterocycles. The highest BCUT2D eigenvalue weighted by Gasteiger charge is 2.14. The van der Waals surface area contributed by atoms with Crippen molar-refractivity contribution in [3.63, 3.8) is 0 Å². The van der Waals surface area contributed by atoms with Crippen LogP contribution >= 0.6 is 23.2 Å². The zero-order valence-electron chi connectivity index (χ0n) is 13.3. The van der Waals surface area contributed by atoms with E-state index in [1.165, 1.54) is 0 Å². The van der Waals surface area contributed by atoms with Crippen LogP contribution in [0.5, 0.6) is 0 Å². The Morgan fingerprint density at radius 1 is 1.00 bits per heavy atom. The molecular weight excluding hydrogens is 377 g/mol. The Morgan fingerprint density at radius 2 is 1.73 bits per heavy atom. The number of hydrogen-bond acceptors (Lipinski definition) is 3. The first-order valence-corrected chi connectivity index (χ1v) is 8.35. The summed E-state index contributed by atoms with van der Waals surface area (Å²) in [5.74, 6) is -0.757. The quantitative estimate of drug-likeness (QED) is 0.633. The summed E-state index contributed by atoms with van der Waals surface area (Å²) in [7, 11) is 0. The van der Waals surface area contributed by atoms with Gasteiger partial charge in [-0.15, -0.1) is 0 Å². The maximum Gasteiger partial charge on any atom is 0.307 e. The highest BCUT2D eigenvalue weighted by atomic mass is 35.5. The standard InChI is InChI=1S/C19H13Cl2NO4/c20-12-3-6-14(15(21)10-12)16-7-8-17(26-16)19(25)22-13-4-1-11(2-5-13)9-18(23)24/h1-8,10H,9H2,(H,22,25)(H,23,24). The number of rotatable bonds is 5. The third-order valence-electron chi connectivity index (χ3n) is 3.59. The van der Waals surface area contributed by atoms with E-state index < -0.39 is 11.9 Å². The van der Waals surface area contributed by atoms with Gasteiger partial charge in [0.2, 0.25) is 0 Å². The van der Waals surface area contributed by atoms with Crippen LogP contribution < -0.4 is 5.32 Å². The fraction of sp³-hybridized carbons (Fsp3) is 0.0526. The van der Waals surface area contributed by atoms with Crippen molar-refractivity contribution in [1.82, 2.24) is 0 Å². The summed E-state index contributed by atoms with van der Waals surface area (Å²) in [6.07, 6.45) is -0.0718. The summed E-state index contributed by atoms with van der Waals surface area (Å²) in [6, 6.07) is 14.8. The number of anilines is 1. The van der Waals surface area contributed by atoms with Gasteiger partial charge in [0.1, 0.15) is 5.76 Å². The molecule has 2 N–H and O–H groups in total. The van der Waals surface area contributed by atoms with Crippen molar-refractivity contribution < 1.29 is 19.1 Å². The summed E-state index contributed by atoms with van der Waals surface area (Å²) in [6.45, 7) is 0. The smallest absolute Gasteiger partial charge is 0.307 e. The predicted molar refractivity (Wildman–Crippen MR) is 99.9 cm³/mol. The maximum atomic E-state index is 12.3. The second-order valence-corrected chi connectivity index (χ2v) is 6.35. The summed E-state index contributed by atoms with van der Waals surface area (Å²) < 4.78 is 5.58. The van der Waals surface area contributed by atoms with Gasteiger partial charge in [0.05, 0.1) is 11.4 Å². The lowest BCUT2D eigenvalue weighted by atomic mass is 10.1. The first-order valence-electron chi connectivity index (χ1n) is 7.60. The van der Waals surface area contributed by atoms with Crippen molar-refractivity contribution in [3.8, 4) is 11.3 Å². The van der Waals surface area contributed by atoms with Gasteiger partial charge in [0.15, 0.2) is 5.76 Å². The molecule has 1 aromatic heterocycles. The van der Waals surface area contributed by atoms with E-state index >= 15 is 0 Å². The zero-order chi connectivity index (χ0) is 18.7. The van der Waals surface area contributed by atoms with E-state index in [0.717, 1.165) is 0 Å². The average molecular weight is 390 g/mol. The van der Waals surface area contributed by atoms with E-state index in [1.54, 1.807) is 54.6 Å². The lowest BCUT2D eigenvalue weighted by Gasteiger charge is -2.05. The topological polar surface area (TPSA) is 79.5 Å². The monoisotopic (exact) mass is 389 g/mol. The predicted octanol–water partition coefficient (Wildman–Crippen LogP) is 5.13. The minimum Gasteiger partial charge on any atom is -0.481 e. The second-order valence-electron chi connectivity index (χ2n) is 5.51. The molecule has 2 aromatic carbocycles. The van der Waals surface area contributed by atoms with E-state index in [4.69, 9.17) is 32.7 Å². The van der Waals surface area contributed by atoms with Gasteiger partial charge in [-0.3, -0.25) is 9.59 Å². The Hall–Kier alpha value is -2.76.